The molecule has 1 heterocycles. The average molecular weight is 400 g/mol. The highest BCUT2D eigenvalue weighted by atomic mass is 35.5. The molecule has 3 amide bonds. The summed E-state index contributed by atoms with van der Waals surface area (Å²) in [5.74, 6) is -0.228. The lowest BCUT2D eigenvalue weighted by Gasteiger charge is -2.16. The van der Waals surface area contributed by atoms with Crippen molar-refractivity contribution in [2.75, 3.05) is 18.0 Å². The molecule has 3 rings (SSSR count). The first-order valence-electron chi connectivity index (χ1n) is 9.23. The van der Waals surface area contributed by atoms with Gasteiger partial charge >= 0.3 is 0 Å². The van der Waals surface area contributed by atoms with Crippen LogP contribution in [0.15, 0.2) is 48.5 Å². The Kier molecular flexibility index (Phi) is 6.66. The van der Waals surface area contributed by atoms with Gasteiger partial charge in [0.25, 0.3) is 5.91 Å². The summed E-state index contributed by atoms with van der Waals surface area (Å²) in [6, 6.07) is 14.2. The van der Waals surface area contributed by atoms with Gasteiger partial charge in [-0.25, -0.2) is 0 Å². The number of carbonyl (C=O) groups excluding carboxylic acids is 3. The van der Waals surface area contributed by atoms with Gasteiger partial charge in [0.05, 0.1) is 0 Å². The predicted molar refractivity (Wildman–Crippen MR) is 108 cm³/mol. The first-order chi connectivity index (χ1) is 13.5. The average Bonchev–Trinajstić information content (AvgIpc) is 3.13. The van der Waals surface area contributed by atoms with E-state index >= 15 is 0 Å². The summed E-state index contributed by atoms with van der Waals surface area (Å²) in [4.78, 5) is 37.5. The Morgan fingerprint density at radius 3 is 2.36 bits per heavy atom. The van der Waals surface area contributed by atoms with E-state index < -0.39 is 0 Å². The van der Waals surface area contributed by atoms with Crippen LogP contribution >= 0.6 is 11.6 Å². The molecule has 2 aromatic rings. The molecule has 0 spiro atoms. The van der Waals surface area contributed by atoms with E-state index in [1.54, 1.807) is 29.2 Å². The Hall–Kier alpha value is -2.86. The Morgan fingerprint density at radius 1 is 1.00 bits per heavy atom. The molecule has 1 fully saturated rings. The molecule has 0 unspecified atom stereocenters. The van der Waals surface area contributed by atoms with Crippen molar-refractivity contribution in [2.24, 2.45) is 0 Å². The molecule has 1 saturated heterocycles. The molecule has 1 aliphatic heterocycles. The SMILES string of the molecule is O=C(CCNC(=O)c1ccc(Cl)cc1)NCc1ccc(N2CCCC2=O)cc1. The van der Waals surface area contributed by atoms with Crippen LogP contribution in [-0.2, 0) is 16.1 Å². The fourth-order valence-corrected chi connectivity index (χ4v) is 3.12. The molecular formula is C21H22ClN3O3. The lowest BCUT2D eigenvalue weighted by Crippen LogP contribution is -2.30. The van der Waals surface area contributed by atoms with E-state index in [9.17, 15) is 14.4 Å². The maximum Gasteiger partial charge on any atom is 0.251 e. The van der Waals surface area contributed by atoms with Gasteiger partial charge in [0, 0.05) is 48.7 Å². The molecule has 2 aromatic carbocycles. The summed E-state index contributed by atoms with van der Waals surface area (Å²) in [5.41, 5.74) is 2.35. The summed E-state index contributed by atoms with van der Waals surface area (Å²) >= 11 is 5.79. The van der Waals surface area contributed by atoms with E-state index in [4.69, 9.17) is 11.6 Å². The number of anilines is 1. The molecule has 0 saturated carbocycles. The molecule has 146 valence electrons. The number of amides is 3. The van der Waals surface area contributed by atoms with Crippen molar-refractivity contribution in [1.82, 2.24) is 10.6 Å². The number of rotatable bonds is 7. The molecule has 0 radical (unpaired) electrons. The van der Waals surface area contributed by atoms with Gasteiger partial charge in [-0.3, -0.25) is 14.4 Å². The highest BCUT2D eigenvalue weighted by Gasteiger charge is 2.21. The van der Waals surface area contributed by atoms with E-state index in [2.05, 4.69) is 10.6 Å². The number of hydrogen-bond acceptors (Lipinski definition) is 3. The predicted octanol–water partition coefficient (Wildman–Crippen LogP) is 2.90. The molecule has 6 nitrogen and oxygen atoms in total. The van der Waals surface area contributed by atoms with Gasteiger partial charge in [-0.15, -0.1) is 0 Å². The van der Waals surface area contributed by atoms with Gasteiger partial charge in [-0.2, -0.15) is 0 Å². The van der Waals surface area contributed by atoms with Gasteiger partial charge in [0.2, 0.25) is 11.8 Å². The summed E-state index contributed by atoms with van der Waals surface area (Å²) < 4.78 is 0. The Labute approximate surface area is 168 Å². The summed E-state index contributed by atoms with van der Waals surface area (Å²) in [6.07, 6.45) is 1.69. The fourth-order valence-electron chi connectivity index (χ4n) is 3.00. The number of nitrogens with zero attached hydrogens (tertiary/aromatic N) is 1. The lowest BCUT2D eigenvalue weighted by molar-refractivity contribution is -0.121. The van der Waals surface area contributed by atoms with Crippen molar-refractivity contribution in [3.8, 4) is 0 Å². The van der Waals surface area contributed by atoms with Crippen LogP contribution in [0.3, 0.4) is 0 Å². The van der Waals surface area contributed by atoms with Gasteiger partial charge in [-0.05, 0) is 48.4 Å². The lowest BCUT2D eigenvalue weighted by atomic mass is 10.2. The fraction of sp³-hybridized carbons (Fsp3) is 0.286. The second-order valence-corrected chi connectivity index (χ2v) is 7.04. The van der Waals surface area contributed by atoms with Crippen molar-refractivity contribution in [3.63, 3.8) is 0 Å². The van der Waals surface area contributed by atoms with Crippen LogP contribution < -0.4 is 15.5 Å². The highest BCUT2D eigenvalue weighted by Crippen LogP contribution is 2.21. The first-order valence-corrected chi connectivity index (χ1v) is 9.60. The van der Waals surface area contributed by atoms with Crippen LogP contribution in [0.5, 0.6) is 0 Å². The molecule has 0 aliphatic carbocycles. The molecule has 1 aliphatic rings. The van der Waals surface area contributed by atoms with Crippen molar-refractivity contribution in [3.05, 3.63) is 64.7 Å². The van der Waals surface area contributed by atoms with E-state index in [1.165, 1.54) is 0 Å². The zero-order valence-electron chi connectivity index (χ0n) is 15.4. The Balaban J connectivity index is 1.38. The van der Waals surface area contributed by atoms with Crippen LogP contribution in [-0.4, -0.2) is 30.8 Å². The Bertz CT molecular complexity index is 850. The van der Waals surface area contributed by atoms with Crippen LogP contribution in [0.4, 0.5) is 5.69 Å². The zero-order valence-corrected chi connectivity index (χ0v) is 16.2. The maximum absolute atomic E-state index is 12.0. The van der Waals surface area contributed by atoms with Crippen LogP contribution in [0.1, 0.15) is 35.2 Å². The summed E-state index contributed by atoms with van der Waals surface area (Å²) in [7, 11) is 0. The largest absolute Gasteiger partial charge is 0.352 e. The monoisotopic (exact) mass is 399 g/mol. The van der Waals surface area contributed by atoms with Gasteiger partial charge in [0.15, 0.2) is 0 Å². The Morgan fingerprint density at radius 2 is 1.71 bits per heavy atom. The van der Waals surface area contributed by atoms with Crippen LogP contribution in [0.2, 0.25) is 5.02 Å². The van der Waals surface area contributed by atoms with E-state index in [0.717, 1.165) is 24.2 Å². The standard InChI is InChI=1S/C21H22ClN3O3/c22-17-7-5-16(6-8-17)21(28)23-12-11-19(26)24-14-15-3-9-18(10-4-15)25-13-1-2-20(25)27/h3-10H,1-2,11-14H2,(H,23,28)(H,24,26). The third-order valence-corrected chi connectivity index (χ3v) is 4.81. The molecule has 2 N–H and O–H groups in total. The molecule has 7 heteroatoms. The number of halogens is 1. The molecule has 0 aromatic heterocycles. The number of benzene rings is 2. The summed E-state index contributed by atoms with van der Waals surface area (Å²) in [5, 5.41) is 6.11. The van der Waals surface area contributed by atoms with E-state index in [0.29, 0.717) is 23.6 Å². The maximum atomic E-state index is 12.0. The van der Waals surface area contributed by atoms with Gasteiger partial charge in [0.1, 0.15) is 0 Å². The third-order valence-electron chi connectivity index (χ3n) is 4.56. The third kappa shape index (κ3) is 5.33. The van der Waals surface area contributed by atoms with Crippen molar-refractivity contribution in [2.45, 2.75) is 25.8 Å². The van der Waals surface area contributed by atoms with Crippen molar-refractivity contribution in [1.29, 1.82) is 0 Å². The number of nitrogens with one attached hydrogen (secondary N) is 2. The normalized spacial score (nSPS) is 13.5. The number of hydrogen-bond donors (Lipinski definition) is 2. The highest BCUT2D eigenvalue weighted by molar-refractivity contribution is 6.30. The molecule has 0 atom stereocenters. The van der Waals surface area contributed by atoms with Gasteiger partial charge < -0.3 is 15.5 Å². The minimum absolute atomic E-state index is 0.143. The minimum Gasteiger partial charge on any atom is -0.352 e. The first kappa shape index (κ1) is 19.9. The van der Waals surface area contributed by atoms with E-state index in [-0.39, 0.29) is 30.7 Å². The van der Waals surface area contributed by atoms with Crippen molar-refractivity contribution >= 4 is 35.0 Å². The molecule has 28 heavy (non-hydrogen) atoms. The number of carbonyl (C=O) groups is 3. The zero-order chi connectivity index (χ0) is 19.9. The van der Waals surface area contributed by atoms with Crippen LogP contribution in [0, 0.1) is 0 Å². The van der Waals surface area contributed by atoms with Crippen LogP contribution in [0.25, 0.3) is 0 Å². The molecule has 0 bridgehead atoms. The van der Waals surface area contributed by atoms with Gasteiger partial charge in [-0.1, -0.05) is 23.7 Å². The van der Waals surface area contributed by atoms with E-state index in [1.807, 2.05) is 24.3 Å². The molecular weight excluding hydrogens is 378 g/mol. The second kappa shape index (κ2) is 9.37. The quantitative estimate of drug-likeness (QED) is 0.751. The summed E-state index contributed by atoms with van der Waals surface area (Å²) in [6.45, 7) is 1.41. The van der Waals surface area contributed by atoms with Crippen molar-refractivity contribution < 1.29 is 14.4 Å². The smallest absolute Gasteiger partial charge is 0.251 e. The topological polar surface area (TPSA) is 78.5 Å². The minimum atomic E-state index is -0.239. The second-order valence-electron chi connectivity index (χ2n) is 6.60.